The topological polar surface area (TPSA) is 0 Å². The molecule has 0 N–H and O–H groups in total. The molecule has 0 saturated carbocycles. The van der Waals surface area contributed by atoms with Crippen LogP contribution in [0.5, 0.6) is 0 Å². The van der Waals surface area contributed by atoms with Crippen molar-refractivity contribution in [2.24, 2.45) is 0 Å². The summed E-state index contributed by atoms with van der Waals surface area (Å²) in [4.78, 5) is 0. The number of rotatable bonds is 0. The fourth-order valence-corrected chi connectivity index (χ4v) is 0. The molecule has 0 bridgehead atoms. The summed E-state index contributed by atoms with van der Waals surface area (Å²) in [5.41, 5.74) is 0. The predicted octanol–water partition coefficient (Wildman–Crippen LogP) is 1.88. The van der Waals surface area contributed by atoms with Crippen LogP contribution in [0.1, 0.15) is 6.92 Å². The van der Waals surface area contributed by atoms with Crippen LogP contribution in [-0.4, -0.2) is 0 Å². The zero-order valence-corrected chi connectivity index (χ0v) is 6.61. The van der Waals surface area contributed by atoms with E-state index in [1.165, 1.54) is 0 Å². The molecule has 0 aromatic heterocycles. The Kier molecular flexibility index (Phi) is 36.5. The quantitative estimate of drug-likeness (QED) is 0.359. The average molecular weight is 274 g/mol. The molecule has 0 aliphatic rings. The molecular weight excluding hydrogens is 269 g/mol. The summed E-state index contributed by atoms with van der Waals surface area (Å²) < 4.78 is 0. The number of allylic oxidation sites excluding steroid dienone is 1. The van der Waals surface area contributed by atoms with Crippen LogP contribution in [0, 0.1) is 6.08 Å². The van der Waals surface area contributed by atoms with E-state index in [9.17, 15) is 0 Å². The van der Waals surface area contributed by atoms with Crippen molar-refractivity contribution in [3.05, 3.63) is 12.7 Å². The van der Waals surface area contributed by atoms with Gasteiger partial charge in [-0.15, -0.1) is 0 Å². The Morgan fingerprint density at radius 2 is 1.80 bits per heavy atom. The Hall–Kier alpha value is 1.13. The van der Waals surface area contributed by atoms with Crippen molar-refractivity contribution >= 4 is 19.5 Å². The monoisotopic (exact) mass is 274 g/mol. The van der Waals surface area contributed by atoms with E-state index in [-0.39, 0.29) is 0 Å². The molecule has 0 aromatic carbocycles. The van der Waals surface area contributed by atoms with Crippen LogP contribution in [0.4, 0.5) is 0 Å². The molecule has 0 nitrogen and oxygen atoms in total. The second-order valence-corrected chi connectivity index (χ2v) is 0.354. The molecule has 0 atom stereocenters. The van der Waals surface area contributed by atoms with Crippen molar-refractivity contribution in [3.63, 3.8) is 0 Å². The molecule has 0 spiro atoms. The van der Waals surface area contributed by atoms with E-state index < -0.39 is 0 Å². The summed E-state index contributed by atoms with van der Waals surface area (Å²) in [7, 11) is 0. The summed E-state index contributed by atoms with van der Waals surface area (Å²) in [5, 5.41) is 0. The van der Waals surface area contributed by atoms with E-state index in [1.54, 1.807) is 6.92 Å². The molecule has 0 unspecified atom stereocenters. The maximum atomic E-state index is 3.24. The SMILES string of the molecule is C=[C-]C.[Pd+][I]. The van der Waals surface area contributed by atoms with E-state index in [1.807, 2.05) is 19.5 Å². The van der Waals surface area contributed by atoms with Gasteiger partial charge in [0.05, 0.1) is 0 Å². The molecule has 0 saturated heterocycles. The Balaban J connectivity index is 0. The van der Waals surface area contributed by atoms with Gasteiger partial charge in [-0.3, -0.25) is 6.58 Å². The van der Waals surface area contributed by atoms with Gasteiger partial charge in [-0.25, -0.2) is 0 Å². The summed E-state index contributed by atoms with van der Waals surface area (Å²) in [6.07, 6.45) is 2.50. The van der Waals surface area contributed by atoms with Gasteiger partial charge in [0.2, 0.25) is 0 Å². The van der Waals surface area contributed by atoms with Crippen molar-refractivity contribution in [3.8, 4) is 0 Å². The second kappa shape index (κ2) is 19.3. The van der Waals surface area contributed by atoms with Crippen LogP contribution in [0.3, 0.4) is 0 Å². The molecule has 0 radical (unpaired) electrons. The molecule has 0 amide bonds. The zero-order chi connectivity index (χ0) is 4.71. The van der Waals surface area contributed by atoms with E-state index in [2.05, 4.69) is 28.2 Å². The summed E-state index contributed by atoms with van der Waals surface area (Å²) in [5.74, 6) is 0. The van der Waals surface area contributed by atoms with Gasteiger partial charge in [0, 0.05) is 0 Å². The number of hydrogen-bond donors (Lipinski definition) is 0. The first-order chi connectivity index (χ1) is 2.41. The Morgan fingerprint density at radius 1 is 1.80 bits per heavy atom. The Bertz CT molecular complexity index is 14.4. The normalized spacial score (nSPS) is 4.00. The van der Waals surface area contributed by atoms with Crippen molar-refractivity contribution in [1.82, 2.24) is 0 Å². The van der Waals surface area contributed by atoms with Gasteiger partial charge in [0.1, 0.15) is 0 Å². The van der Waals surface area contributed by atoms with Gasteiger partial charge < -0.3 is 6.08 Å². The van der Waals surface area contributed by atoms with Crippen molar-refractivity contribution < 1.29 is 15.6 Å². The summed E-state index contributed by atoms with van der Waals surface area (Å²) in [6.45, 7) is 5.00. The molecule has 0 rings (SSSR count). The van der Waals surface area contributed by atoms with Crippen molar-refractivity contribution in [1.29, 1.82) is 0 Å². The van der Waals surface area contributed by atoms with Gasteiger partial charge >= 0.3 is 35.1 Å². The van der Waals surface area contributed by atoms with Gasteiger partial charge in [0.15, 0.2) is 0 Å². The Labute approximate surface area is 54.4 Å². The van der Waals surface area contributed by atoms with Crippen LogP contribution in [-0.2, 0) is 15.6 Å². The first kappa shape index (κ1) is 9.46. The summed E-state index contributed by atoms with van der Waals surface area (Å²) >= 11 is 4.72. The van der Waals surface area contributed by atoms with Crippen LogP contribution >= 0.6 is 19.5 Å². The van der Waals surface area contributed by atoms with Gasteiger partial charge in [-0.05, 0) is 0 Å². The van der Waals surface area contributed by atoms with Crippen LogP contribution in [0.2, 0.25) is 0 Å². The van der Waals surface area contributed by atoms with Gasteiger partial charge in [-0.2, -0.15) is 6.92 Å². The number of halogens is 1. The van der Waals surface area contributed by atoms with Crippen LogP contribution in [0.15, 0.2) is 6.58 Å². The average Bonchev–Trinajstić information content (AvgIpc) is 1.46. The molecule has 0 aromatic rings. The standard InChI is InChI=1S/C3H5.HI.Pd/c1-3-2;;/h1H2,2H3;1H;/q-1;;+2/p-1. The Morgan fingerprint density at radius 3 is 1.80 bits per heavy atom. The maximum absolute atomic E-state index is 3.24. The fraction of sp³-hybridized carbons (Fsp3) is 0.333. The van der Waals surface area contributed by atoms with E-state index in [0.29, 0.717) is 0 Å². The molecular formula is C3H5IPd. The van der Waals surface area contributed by atoms with E-state index in [4.69, 9.17) is 0 Å². The number of hydrogen-bond acceptors (Lipinski definition) is 0. The molecule has 34 valence electrons. The molecule has 0 fully saturated rings. The molecule has 2 heteroatoms. The van der Waals surface area contributed by atoms with Crippen molar-refractivity contribution in [2.45, 2.75) is 6.92 Å². The third-order valence-corrected chi connectivity index (χ3v) is 0. The molecule has 5 heavy (non-hydrogen) atoms. The molecule has 0 aliphatic carbocycles. The third kappa shape index (κ3) is 39.3. The first-order valence-corrected chi connectivity index (χ1v) is 5.60. The van der Waals surface area contributed by atoms with Crippen LogP contribution < -0.4 is 0 Å². The van der Waals surface area contributed by atoms with E-state index >= 15 is 0 Å². The third-order valence-electron chi connectivity index (χ3n) is 0. The zero-order valence-electron chi connectivity index (χ0n) is 2.90. The summed E-state index contributed by atoms with van der Waals surface area (Å²) in [6, 6.07) is 0. The minimum atomic E-state index is 1.76. The predicted molar refractivity (Wildman–Crippen MR) is 28.6 cm³/mol. The van der Waals surface area contributed by atoms with Gasteiger partial charge in [0.25, 0.3) is 0 Å². The van der Waals surface area contributed by atoms with Crippen molar-refractivity contribution in [2.75, 3.05) is 0 Å². The van der Waals surface area contributed by atoms with Crippen LogP contribution in [0.25, 0.3) is 0 Å². The second-order valence-electron chi connectivity index (χ2n) is 0.354. The minimum absolute atomic E-state index is 1.76. The van der Waals surface area contributed by atoms with E-state index in [0.717, 1.165) is 0 Å². The van der Waals surface area contributed by atoms with Gasteiger partial charge in [-0.1, -0.05) is 0 Å². The fourth-order valence-electron chi connectivity index (χ4n) is 0. The molecule has 0 heterocycles. The molecule has 0 aliphatic heterocycles. The first-order valence-electron chi connectivity index (χ1n) is 0.973.